The highest BCUT2D eigenvalue weighted by molar-refractivity contribution is 5.79. The van der Waals surface area contributed by atoms with Crippen LogP contribution in [0.5, 0.6) is 0 Å². The summed E-state index contributed by atoms with van der Waals surface area (Å²) in [5.41, 5.74) is 2.62. The number of aryl methyl sites for hydroxylation is 2. The van der Waals surface area contributed by atoms with Gasteiger partial charge in [0.05, 0.1) is 6.54 Å². The van der Waals surface area contributed by atoms with E-state index in [0.717, 1.165) is 38.4 Å². The maximum Gasteiger partial charge on any atom is 0.226 e. The Bertz CT molecular complexity index is 749. The first-order valence-electron chi connectivity index (χ1n) is 10.8. The summed E-state index contributed by atoms with van der Waals surface area (Å²) < 4.78 is 5.14. The molecule has 1 fully saturated rings. The number of aliphatic imine (C=N–C) groups is 1. The molecule has 2 N–H and O–H groups in total. The van der Waals surface area contributed by atoms with Gasteiger partial charge in [0, 0.05) is 26.1 Å². The van der Waals surface area contributed by atoms with Crippen LogP contribution in [0.25, 0.3) is 0 Å². The number of nitrogens with zero attached hydrogens (tertiary/aromatic N) is 4. The molecule has 29 heavy (non-hydrogen) atoms. The number of hydrogen-bond acceptors (Lipinski definition) is 5. The highest BCUT2D eigenvalue weighted by Crippen LogP contribution is 2.14. The molecule has 0 amide bonds. The molecular formula is C22H34N6O. The van der Waals surface area contributed by atoms with Crippen LogP contribution in [0, 0.1) is 6.92 Å². The fourth-order valence-electron chi connectivity index (χ4n) is 3.53. The van der Waals surface area contributed by atoms with Crippen molar-refractivity contribution in [2.75, 3.05) is 26.2 Å². The normalized spacial score (nSPS) is 15.4. The smallest absolute Gasteiger partial charge is 0.226 e. The van der Waals surface area contributed by atoms with Gasteiger partial charge in [-0.15, -0.1) is 0 Å². The summed E-state index contributed by atoms with van der Waals surface area (Å²) in [6.45, 7) is 9.75. The molecule has 7 heteroatoms. The van der Waals surface area contributed by atoms with Gasteiger partial charge in [0.15, 0.2) is 11.8 Å². The Labute approximate surface area is 174 Å². The van der Waals surface area contributed by atoms with Crippen LogP contribution in [0.15, 0.2) is 33.8 Å². The Morgan fingerprint density at radius 3 is 2.55 bits per heavy atom. The first kappa shape index (κ1) is 21.3. The molecule has 158 valence electrons. The van der Waals surface area contributed by atoms with Gasteiger partial charge in [0.25, 0.3) is 0 Å². The van der Waals surface area contributed by atoms with Gasteiger partial charge in [-0.3, -0.25) is 4.90 Å². The van der Waals surface area contributed by atoms with Crippen molar-refractivity contribution >= 4 is 5.96 Å². The lowest BCUT2D eigenvalue weighted by atomic mass is 10.1. The molecule has 0 unspecified atom stereocenters. The molecule has 1 aliphatic rings. The zero-order valence-corrected chi connectivity index (χ0v) is 17.8. The zero-order valence-electron chi connectivity index (χ0n) is 17.8. The highest BCUT2D eigenvalue weighted by atomic mass is 16.5. The summed E-state index contributed by atoms with van der Waals surface area (Å²) in [6, 6.07) is 8.88. The van der Waals surface area contributed by atoms with E-state index in [4.69, 9.17) is 9.52 Å². The monoisotopic (exact) mass is 398 g/mol. The van der Waals surface area contributed by atoms with Crippen molar-refractivity contribution in [3.63, 3.8) is 0 Å². The van der Waals surface area contributed by atoms with Crippen LogP contribution in [-0.4, -0.2) is 47.2 Å². The molecule has 0 saturated carbocycles. The van der Waals surface area contributed by atoms with Crippen molar-refractivity contribution < 1.29 is 4.52 Å². The van der Waals surface area contributed by atoms with E-state index in [1.54, 1.807) is 0 Å². The SMILES string of the molecule is CCNC(=NCc1ccc(CN2CCCCC2)cc1)NCCCc1nc(C)no1. The molecule has 0 radical (unpaired) electrons. The molecule has 0 atom stereocenters. The number of hydrogen-bond donors (Lipinski definition) is 2. The van der Waals surface area contributed by atoms with Gasteiger partial charge < -0.3 is 15.2 Å². The number of rotatable bonds is 9. The van der Waals surface area contributed by atoms with Gasteiger partial charge in [-0.05, 0) is 57.3 Å². The number of aromatic nitrogens is 2. The van der Waals surface area contributed by atoms with Crippen molar-refractivity contribution in [1.82, 2.24) is 25.7 Å². The fraction of sp³-hybridized carbons (Fsp3) is 0.591. The number of likely N-dealkylation sites (tertiary alicyclic amines) is 1. The minimum Gasteiger partial charge on any atom is -0.357 e. The van der Waals surface area contributed by atoms with Crippen LogP contribution in [0.2, 0.25) is 0 Å². The van der Waals surface area contributed by atoms with Crippen molar-refractivity contribution in [2.45, 2.75) is 59.0 Å². The standard InChI is InChI=1S/C22H34N6O/c1-3-23-22(24-13-7-8-21-26-18(2)27-29-21)25-16-19-9-11-20(12-10-19)17-28-14-5-4-6-15-28/h9-12H,3-8,13-17H2,1-2H3,(H2,23,24,25). The highest BCUT2D eigenvalue weighted by Gasteiger charge is 2.10. The molecule has 2 aromatic rings. The van der Waals surface area contributed by atoms with E-state index in [2.05, 4.69) is 56.9 Å². The third kappa shape index (κ3) is 7.49. The van der Waals surface area contributed by atoms with Gasteiger partial charge >= 0.3 is 0 Å². The van der Waals surface area contributed by atoms with E-state index in [1.165, 1.54) is 43.5 Å². The van der Waals surface area contributed by atoms with Gasteiger partial charge in [-0.1, -0.05) is 35.8 Å². The molecule has 0 aliphatic carbocycles. The maximum absolute atomic E-state index is 5.14. The first-order valence-corrected chi connectivity index (χ1v) is 10.8. The number of nitrogens with one attached hydrogen (secondary N) is 2. The Morgan fingerprint density at radius 2 is 1.86 bits per heavy atom. The van der Waals surface area contributed by atoms with Crippen molar-refractivity contribution in [2.24, 2.45) is 4.99 Å². The van der Waals surface area contributed by atoms with Crippen molar-refractivity contribution in [3.8, 4) is 0 Å². The van der Waals surface area contributed by atoms with E-state index >= 15 is 0 Å². The van der Waals surface area contributed by atoms with Gasteiger partial charge in [-0.2, -0.15) is 4.98 Å². The van der Waals surface area contributed by atoms with Crippen LogP contribution in [0.1, 0.15) is 55.4 Å². The minimum atomic E-state index is 0.669. The first-order chi connectivity index (χ1) is 14.2. The van der Waals surface area contributed by atoms with Crippen molar-refractivity contribution in [3.05, 3.63) is 47.1 Å². The van der Waals surface area contributed by atoms with Crippen LogP contribution >= 0.6 is 0 Å². The second kappa shape index (κ2) is 11.6. The van der Waals surface area contributed by atoms with Crippen LogP contribution in [0.4, 0.5) is 0 Å². The largest absolute Gasteiger partial charge is 0.357 e. The molecule has 1 aromatic carbocycles. The summed E-state index contributed by atoms with van der Waals surface area (Å²) in [6.07, 6.45) is 5.73. The molecule has 7 nitrogen and oxygen atoms in total. The summed E-state index contributed by atoms with van der Waals surface area (Å²) in [5.74, 6) is 2.22. The lowest BCUT2D eigenvalue weighted by Gasteiger charge is -2.26. The van der Waals surface area contributed by atoms with E-state index in [-0.39, 0.29) is 0 Å². The molecule has 1 saturated heterocycles. The maximum atomic E-state index is 5.14. The third-order valence-electron chi connectivity index (χ3n) is 5.07. The van der Waals surface area contributed by atoms with E-state index in [0.29, 0.717) is 18.3 Å². The van der Waals surface area contributed by atoms with E-state index in [1.807, 2.05) is 6.92 Å². The van der Waals surface area contributed by atoms with Crippen LogP contribution in [0.3, 0.4) is 0 Å². The van der Waals surface area contributed by atoms with E-state index < -0.39 is 0 Å². The average Bonchev–Trinajstić information content (AvgIpc) is 3.16. The lowest BCUT2D eigenvalue weighted by Crippen LogP contribution is -2.37. The predicted molar refractivity (Wildman–Crippen MR) is 116 cm³/mol. The Morgan fingerprint density at radius 1 is 1.10 bits per heavy atom. The summed E-state index contributed by atoms with van der Waals surface area (Å²) >= 11 is 0. The lowest BCUT2D eigenvalue weighted by molar-refractivity contribution is 0.221. The average molecular weight is 399 g/mol. The molecule has 1 aromatic heterocycles. The second-order valence-electron chi connectivity index (χ2n) is 7.61. The Hall–Kier alpha value is -2.41. The number of guanidine groups is 1. The van der Waals surface area contributed by atoms with E-state index in [9.17, 15) is 0 Å². The Kier molecular flexibility index (Phi) is 8.49. The van der Waals surface area contributed by atoms with Gasteiger partial charge in [-0.25, -0.2) is 4.99 Å². The molecule has 1 aliphatic heterocycles. The van der Waals surface area contributed by atoms with Gasteiger partial charge in [0.1, 0.15) is 0 Å². The quantitative estimate of drug-likeness (QED) is 0.384. The van der Waals surface area contributed by atoms with Crippen LogP contribution < -0.4 is 10.6 Å². The van der Waals surface area contributed by atoms with Crippen molar-refractivity contribution in [1.29, 1.82) is 0 Å². The topological polar surface area (TPSA) is 78.6 Å². The predicted octanol–water partition coefficient (Wildman–Crippen LogP) is 3.05. The summed E-state index contributed by atoms with van der Waals surface area (Å²) in [7, 11) is 0. The molecule has 2 heterocycles. The molecule has 0 spiro atoms. The number of piperidine rings is 1. The third-order valence-corrected chi connectivity index (χ3v) is 5.07. The summed E-state index contributed by atoms with van der Waals surface area (Å²) in [4.78, 5) is 11.5. The molecular weight excluding hydrogens is 364 g/mol. The fourth-order valence-corrected chi connectivity index (χ4v) is 3.53. The van der Waals surface area contributed by atoms with Crippen LogP contribution in [-0.2, 0) is 19.5 Å². The number of benzene rings is 1. The zero-order chi connectivity index (χ0) is 20.3. The minimum absolute atomic E-state index is 0.669. The summed E-state index contributed by atoms with van der Waals surface area (Å²) in [5, 5.41) is 10.5. The van der Waals surface area contributed by atoms with Gasteiger partial charge in [0.2, 0.25) is 5.89 Å². The Balaban J connectivity index is 1.43. The molecule has 0 bridgehead atoms. The second-order valence-corrected chi connectivity index (χ2v) is 7.61. The molecule has 3 rings (SSSR count).